The van der Waals surface area contributed by atoms with Crippen molar-refractivity contribution >= 4 is 5.78 Å². The van der Waals surface area contributed by atoms with Crippen molar-refractivity contribution < 1.29 is 18.7 Å². The molecule has 0 aliphatic heterocycles. The number of Topliss-reactive ketones (excluding diaryl/α,β-unsaturated/α-hetero) is 1. The molecule has 1 aromatic carbocycles. The van der Waals surface area contributed by atoms with Gasteiger partial charge in [0.15, 0.2) is 17.3 Å². The Labute approximate surface area is 112 Å². The number of alkyl halides is 1. The van der Waals surface area contributed by atoms with E-state index in [1.54, 1.807) is 0 Å². The predicted molar refractivity (Wildman–Crippen MR) is 71.7 cm³/mol. The van der Waals surface area contributed by atoms with E-state index in [4.69, 9.17) is 15.2 Å². The normalized spacial score (nSPS) is 11.3. The van der Waals surface area contributed by atoms with E-state index in [-0.39, 0.29) is 29.9 Å². The van der Waals surface area contributed by atoms with Crippen LogP contribution in [-0.4, -0.2) is 26.5 Å². The van der Waals surface area contributed by atoms with Crippen molar-refractivity contribution in [3.05, 3.63) is 23.3 Å². The van der Waals surface area contributed by atoms with Gasteiger partial charge < -0.3 is 15.2 Å². The van der Waals surface area contributed by atoms with Crippen LogP contribution in [0.3, 0.4) is 0 Å². The van der Waals surface area contributed by atoms with Gasteiger partial charge in [-0.3, -0.25) is 4.79 Å². The Morgan fingerprint density at radius 1 is 1.26 bits per heavy atom. The van der Waals surface area contributed by atoms with E-state index >= 15 is 0 Å². The van der Waals surface area contributed by atoms with Gasteiger partial charge in [-0.25, -0.2) is 4.39 Å². The summed E-state index contributed by atoms with van der Waals surface area (Å²) < 4.78 is 24.5. The standard InChI is InChI=1S/C14H20FNO3/c1-14(2,15)10-8-13(19-4)12(18-3)7-9(10)11(17)5-6-16/h7-8H,5-6,16H2,1-4H3. The molecular weight excluding hydrogens is 249 g/mol. The third-order valence-electron chi connectivity index (χ3n) is 2.84. The zero-order valence-corrected chi connectivity index (χ0v) is 11.7. The molecule has 19 heavy (non-hydrogen) atoms. The number of ketones is 1. The summed E-state index contributed by atoms with van der Waals surface area (Å²) >= 11 is 0. The van der Waals surface area contributed by atoms with Crippen molar-refractivity contribution in [3.63, 3.8) is 0 Å². The second-order valence-corrected chi connectivity index (χ2v) is 4.69. The summed E-state index contributed by atoms with van der Waals surface area (Å²) in [5.74, 6) is 0.590. The van der Waals surface area contributed by atoms with Crippen LogP contribution in [0.1, 0.15) is 36.2 Å². The number of carbonyl (C=O) groups excluding carboxylic acids is 1. The van der Waals surface area contributed by atoms with Crippen molar-refractivity contribution in [3.8, 4) is 11.5 Å². The molecule has 0 aliphatic rings. The van der Waals surface area contributed by atoms with Gasteiger partial charge in [0.2, 0.25) is 0 Å². The monoisotopic (exact) mass is 269 g/mol. The van der Waals surface area contributed by atoms with E-state index in [1.165, 1.54) is 40.2 Å². The molecule has 0 fully saturated rings. The molecule has 0 spiro atoms. The maximum Gasteiger partial charge on any atom is 0.164 e. The fraction of sp³-hybridized carbons (Fsp3) is 0.500. The van der Waals surface area contributed by atoms with E-state index in [0.29, 0.717) is 11.5 Å². The van der Waals surface area contributed by atoms with E-state index in [0.717, 1.165) is 0 Å². The molecule has 4 nitrogen and oxygen atoms in total. The van der Waals surface area contributed by atoms with Gasteiger partial charge in [-0.1, -0.05) is 0 Å². The van der Waals surface area contributed by atoms with E-state index < -0.39 is 5.67 Å². The quantitative estimate of drug-likeness (QED) is 0.806. The molecular formula is C14H20FNO3. The van der Waals surface area contributed by atoms with Crippen LogP contribution in [0.4, 0.5) is 4.39 Å². The highest BCUT2D eigenvalue weighted by Gasteiger charge is 2.27. The Balaban J connectivity index is 3.45. The summed E-state index contributed by atoms with van der Waals surface area (Å²) in [4.78, 5) is 12.0. The van der Waals surface area contributed by atoms with Gasteiger partial charge in [-0.2, -0.15) is 0 Å². The van der Waals surface area contributed by atoms with Gasteiger partial charge in [0.05, 0.1) is 14.2 Å². The van der Waals surface area contributed by atoms with Crippen LogP contribution in [0.5, 0.6) is 11.5 Å². The van der Waals surface area contributed by atoms with Gasteiger partial charge in [0.25, 0.3) is 0 Å². The lowest BCUT2D eigenvalue weighted by atomic mass is 9.91. The van der Waals surface area contributed by atoms with Crippen LogP contribution >= 0.6 is 0 Å². The van der Waals surface area contributed by atoms with Crippen LogP contribution in [-0.2, 0) is 5.67 Å². The molecule has 0 atom stereocenters. The largest absolute Gasteiger partial charge is 0.493 e. The average molecular weight is 269 g/mol. The Morgan fingerprint density at radius 3 is 2.21 bits per heavy atom. The van der Waals surface area contributed by atoms with E-state index in [9.17, 15) is 9.18 Å². The van der Waals surface area contributed by atoms with Gasteiger partial charge >= 0.3 is 0 Å². The van der Waals surface area contributed by atoms with Crippen molar-refractivity contribution in [2.75, 3.05) is 20.8 Å². The summed E-state index contributed by atoms with van der Waals surface area (Å²) in [5.41, 5.74) is 4.30. The lowest BCUT2D eigenvalue weighted by molar-refractivity contribution is 0.0977. The first-order chi connectivity index (χ1) is 8.85. The first-order valence-electron chi connectivity index (χ1n) is 6.03. The maximum absolute atomic E-state index is 14.3. The Kier molecular flexibility index (Phi) is 4.89. The minimum atomic E-state index is -1.65. The fourth-order valence-electron chi connectivity index (χ4n) is 1.87. The molecule has 0 aromatic heterocycles. The highest BCUT2D eigenvalue weighted by Crippen LogP contribution is 2.37. The highest BCUT2D eigenvalue weighted by molar-refractivity contribution is 5.98. The maximum atomic E-state index is 14.3. The molecule has 0 amide bonds. The van der Waals surface area contributed by atoms with Gasteiger partial charge in [-0.05, 0) is 32.5 Å². The zero-order chi connectivity index (χ0) is 14.6. The van der Waals surface area contributed by atoms with Crippen LogP contribution in [0, 0.1) is 0 Å². The molecule has 5 heteroatoms. The van der Waals surface area contributed by atoms with Crippen LogP contribution in [0.2, 0.25) is 0 Å². The first-order valence-corrected chi connectivity index (χ1v) is 6.03. The van der Waals surface area contributed by atoms with Gasteiger partial charge in [0, 0.05) is 17.5 Å². The Bertz CT molecular complexity index is 466. The summed E-state index contributed by atoms with van der Waals surface area (Å²) in [6.07, 6.45) is 0.165. The SMILES string of the molecule is COc1cc(C(=O)CCN)c(C(C)(C)F)cc1OC. The molecule has 106 valence electrons. The first kappa shape index (κ1) is 15.4. The molecule has 0 heterocycles. The third-order valence-corrected chi connectivity index (χ3v) is 2.84. The van der Waals surface area contributed by atoms with Crippen molar-refractivity contribution in [2.45, 2.75) is 25.9 Å². The summed E-state index contributed by atoms with van der Waals surface area (Å²) in [6.45, 7) is 3.01. The lowest BCUT2D eigenvalue weighted by Crippen LogP contribution is -2.18. The van der Waals surface area contributed by atoms with Crippen molar-refractivity contribution in [1.29, 1.82) is 0 Å². The molecule has 0 aliphatic carbocycles. The molecule has 1 rings (SSSR count). The predicted octanol–water partition coefficient (Wildman–Crippen LogP) is 2.44. The Morgan fingerprint density at radius 2 is 1.79 bits per heavy atom. The number of benzene rings is 1. The average Bonchev–Trinajstić information content (AvgIpc) is 2.36. The van der Waals surface area contributed by atoms with Gasteiger partial charge in [-0.15, -0.1) is 0 Å². The Hall–Kier alpha value is -1.62. The topological polar surface area (TPSA) is 61.5 Å². The van der Waals surface area contributed by atoms with Crippen molar-refractivity contribution in [2.24, 2.45) is 5.73 Å². The fourth-order valence-corrected chi connectivity index (χ4v) is 1.87. The number of rotatable bonds is 6. The number of ether oxygens (including phenoxy) is 2. The second-order valence-electron chi connectivity index (χ2n) is 4.69. The second kappa shape index (κ2) is 6.02. The number of carbonyl (C=O) groups is 1. The third kappa shape index (κ3) is 3.44. The molecule has 0 unspecified atom stereocenters. The smallest absolute Gasteiger partial charge is 0.164 e. The molecule has 1 aromatic rings. The zero-order valence-electron chi connectivity index (χ0n) is 11.7. The number of hydrogen-bond acceptors (Lipinski definition) is 4. The minimum absolute atomic E-state index is 0.165. The molecule has 0 bridgehead atoms. The molecule has 2 N–H and O–H groups in total. The van der Waals surface area contributed by atoms with Crippen LogP contribution < -0.4 is 15.2 Å². The van der Waals surface area contributed by atoms with E-state index in [2.05, 4.69) is 0 Å². The molecule has 0 saturated carbocycles. The number of halogens is 1. The molecule has 0 saturated heterocycles. The van der Waals surface area contributed by atoms with Crippen molar-refractivity contribution in [1.82, 2.24) is 0 Å². The summed E-state index contributed by atoms with van der Waals surface area (Å²) in [7, 11) is 2.93. The summed E-state index contributed by atoms with van der Waals surface area (Å²) in [6, 6.07) is 3.01. The number of methoxy groups -OCH3 is 2. The summed E-state index contributed by atoms with van der Waals surface area (Å²) in [5, 5.41) is 0. The van der Waals surface area contributed by atoms with E-state index in [1.807, 2.05) is 0 Å². The number of hydrogen-bond donors (Lipinski definition) is 1. The molecule has 0 radical (unpaired) electrons. The lowest BCUT2D eigenvalue weighted by Gasteiger charge is -2.21. The highest BCUT2D eigenvalue weighted by atomic mass is 19.1. The van der Waals surface area contributed by atoms with Crippen LogP contribution in [0.15, 0.2) is 12.1 Å². The van der Waals surface area contributed by atoms with Crippen LogP contribution in [0.25, 0.3) is 0 Å². The van der Waals surface area contributed by atoms with Gasteiger partial charge in [0.1, 0.15) is 5.67 Å². The number of nitrogens with two attached hydrogens (primary N) is 1. The minimum Gasteiger partial charge on any atom is -0.493 e.